The first-order valence-corrected chi connectivity index (χ1v) is 7.12. The Kier molecular flexibility index (Phi) is 3.01. The Hall–Kier alpha value is -0.920. The molecule has 92 valence electrons. The van der Waals surface area contributed by atoms with Crippen LogP contribution < -0.4 is 0 Å². The molecule has 17 heavy (non-hydrogen) atoms. The molecule has 1 N–H and O–H groups in total. The number of aliphatic hydroxyl groups excluding tert-OH is 1. The Morgan fingerprint density at radius 2 is 2.12 bits per heavy atom. The minimum atomic E-state index is -3.84. The van der Waals surface area contributed by atoms with Gasteiger partial charge in [0.25, 0.3) is 15.9 Å². The van der Waals surface area contributed by atoms with Crippen LogP contribution in [-0.4, -0.2) is 36.4 Å². The van der Waals surface area contributed by atoms with E-state index in [9.17, 15) is 18.3 Å². The minimum absolute atomic E-state index is 0.0225. The molecule has 0 aromatic heterocycles. The molecule has 0 saturated carbocycles. The lowest BCUT2D eigenvalue weighted by atomic mass is 10.2. The summed E-state index contributed by atoms with van der Waals surface area (Å²) in [6.45, 7) is 1.20. The monoisotopic (exact) mass is 319 g/mol. The van der Waals surface area contributed by atoms with Crippen molar-refractivity contribution in [1.82, 2.24) is 4.31 Å². The van der Waals surface area contributed by atoms with E-state index in [-0.39, 0.29) is 17.0 Å². The van der Waals surface area contributed by atoms with Crippen molar-refractivity contribution in [3.8, 4) is 0 Å². The zero-order valence-corrected chi connectivity index (χ0v) is 11.3. The van der Waals surface area contributed by atoms with Crippen molar-refractivity contribution >= 4 is 31.9 Å². The SMILES string of the molecule is CC(O)CN1C(=O)c2cccc(Br)c2S1(=O)=O. The Labute approximate surface area is 107 Å². The van der Waals surface area contributed by atoms with Crippen molar-refractivity contribution < 1.29 is 18.3 Å². The smallest absolute Gasteiger partial charge is 0.269 e. The predicted octanol–water partition coefficient (Wildman–Crippen LogP) is 0.974. The average Bonchev–Trinajstić information content (AvgIpc) is 2.40. The van der Waals surface area contributed by atoms with Gasteiger partial charge < -0.3 is 5.11 Å². The van der Waals surface area contributed by atoms with Crippen LogP contribution in [0.2, 0.25) is 0 Å². The number of nitrogens with zero attached hydrogens (tertiary/aromatic N) is 1. The van der Waals surface area contributed by atoms with E-state index in [4.69, 9.17) is 0 Å². The van der Waals surface area contributed by atoms with Gasteiger partial charge in [-0.15, -0.1) is 0 Å². The van der Waals surface area contributed by atoms with E-state index in [1.54, 1.807) is 12.1 Å². The van der Waals surface area contributed by atoms with E-state index in [1.165, 1.54) is 13.0 Å². The molecular formula is C10H10BrNO4S. The molecule has 0 spiro atoms. The molecule has 0 bridgehead atoms. The molecule has 1 heterocycles. The van der Waals surface area contributed by atoms with Crippen LogP contribution in [0.5, 0.6) is 0 Å². The first-order valence-electron chi connectivity index (χ1n) is 4.89. The van der Waals surface area contributed by atoms with E-state index >= 15 is 0 Å². The molecule has 0 fully saturated rings. The lowest BCUT2D eigenvalue weighted by molar-refractivity contribution is 0.0809. The highest BCUT2D eigenvalue weighted by atomic mass is 79.9. The summed E-state index contributed by atoms with van der Waals surface area (Å²) in [7, 11) is -3.84. The van der Waals surface area contributed by atoms with Gasteiger partial charge in [-0.3, -0.25) is 4.79 Å². The predicted molar refractivity (Wildman–Crippen MR) is 64.0 cm³/mol. The minimum Gasteiger partial charge on any atom is -0.392 e. The average molecular weight is 320 g/mol. The Morgan fingerprint density at radius 3 is 2.65 bits per heavy atom. The highest BCUT2D eigenvalue weighted by molar-refractivity contribution is 9.10. The van der Waals surface area contributed by atoms with E-state index in [0.29, 0.717) is 8.78 Å². The van der Waals surface area contributed by atoms with Crippen molar-refractivity contribution in [3.05, 3.63) is 28.2 Å². The summed E-state index contributed by atoms with van der Waals surface area (Å²) in [4.78, 5) is 11.9. The molecule has 2 rings (SSSR count). The molecule has 1 aromatic carbocycles. The summed E-state index contributed by atoms with van der Waals surface area (Å²) < 4.78 is 25.3. The maximum absolute atomic E-state index is 12.1. The van der Waals surface area contributed by atoms with Gasteiger partial charge in [0.1, 0.15) is 4.90 Å². The number of fused-ring (bicyclic) bond motifs is 1. The summed E-state index contributed by atoms with van der Waals surface area (Å²) in [6, 6.07) is 4.62. The maximum atomic E-state index is 12.1. The van der Waals surface area contributed by atoms with Crippen LogP contribution in [0.1, 0.15) is 17.3 Å². The fourth-order valence-electron chi connectivity index (χ4n) is 1.71. The standard InChI is InChI=1S/C10H10BrNO4S/c1-6(13)5-12-10(14)7-3-2-4-8(11)9(7)17(12,15)16/h2-4,6,13H,5H2,1H3. The van der Waals surface area contributed by atoms with E-state index in [0.717, 1.165) is 0 Å². The number of aliphatic hydroxyl groups is 1. The van der Waals surface area contributed by atoms with Gasteiger partial charge in [-0.05, 0) is 35.0 Å². The number of halogens is 1. The molecule has 0 radical (unpaired) electrons. The van der Waals surface area contributed by atoms with Gasteiger partial charge in [-0.2, -0.15) is 0 Å². The van der Waals surface area contributed by atoms with Crippen molar-refractivity contribution in [3.63, 3.8) is 0 Å². The number of hydrogen-bond donors (Lipinski definition) is 1. The number of β-amino-alcohol motifs (C(OH)–C–C–N with tert-alkyl or cyclic N) is 1. The molecular weight excluding hydrogens is 310 g/mol. The van der Waals surface area contributed by atoms with E-state index < -0.39 is 22.0 Å². The van der Waals surface area contributed by atoms with Gasteiger partial charge in [0.2, 0.25) is 0 Å². The second kappa shape index (κ2) is 4.08. The van der Waals surface area contributed by atoms with Gasteiger partial charge in [0, 0.05) is 4.47 Å². The molecule has 5 nitrogen and oxygen atoms in total. The van der Waals surface area contributed by atoms with E-state index in [1.807, 2.05) is 0 Å². The third-order valence-electron chi connectivity index (χ3n) is 2.40. The zero-order chi connectivity index (χ0) is 12.8. The highest BCUT2D eigenvalue weighted by Gasteiger charge is 2.42. The molecule has 0 saturated heterocycles. The van der Waals surface area contributed by atoms with Crippen LogP contribution >= 0.6 is 15.9 Å². The lowest BCUT2D eigenvalue weighted by Gasteiger charge is -2.16. The number of hydrogen-bond acceptors (Lipinski definition) is 4. The Bertz CT molecular complexity index is 582. The fraction of sp³-hybridized carbons (Fsp3) is 0.300. The van der Waals surface area contributed by atoms with Crippen molar-refractivity contribution in [2.75, 3.05) is 6.54 Å². The summed E-state index contributed by atoms with van der Waals surface area (Å²) in [5.41, 5.74) is 0.139. The van der Waals surface area contributed by atoms with Crippen LogP contribution in [0.4, 0.5) is 0 Å². The maximum Gasteiger partial charge on any atom is 0.269 e. The molecule has 1 aliphatic rings. The van der Waals surface area contributed by atoms with Crippen molar-refractivity contribution in [2.24, 2.45) is 0 Å². The number of rotatable bonds is 2. The summed E-state index contributed by atoms with van der Waals surface area (Å²) >= 11 is 3.12. The third-order valence-corrected chi connectivity index (χ3v) is 5.18. The second-order valence-electron chi connectivity index (χ2n) is 3.81. The third kappa shape index (κ3) is 1.88. The normalized spacial score (nSPS) is 19.2. The number of sulfonamides is 1. The lowest BCUT2D eigenvalue weighted by Crippen LogP contribution is -2.35. The second-order valence-corrected chi connectivity index (χ2v) is 6.46. The number of benzene rings is 1. The number of carbonyl (C=O) groups is 1. The molecule has 7 heteroatoms. The van der Waals surface area contributed by atoms with Crippen molar-refractivity contribution in [2.45, 2.75) is 17.9 Å². The first-order chi connectivity index (χ1) is 7.85. The van der Waals surface area contributed by atoms with Crippen LogP contribution in [0, 0.1) is 0 Å². The first kappa shape index (κ1) is 12.5. The van der Waals surface area contributed by atoms with Gasteiger partial charge >= 0.3 is 0 Å². The van der Waals surface area contributed by atoms with Crippen molar-refractivity contribution in [1.29, 1.82) is 0 Å². The zero-order valence-electron chi connectivity index (χ0n) is 8.92. The van der Waals surface area contributed by atoms with E-state index in [2.05, 4.69) is 15.9 Å². The molecule has 1 atom stereocenters. The highest BCUT2D eigenvalue weighted by Crippen LogP contribution is 2.35. The Morgan fingerprint density at radius 1 is 1.47 bits per heavy atom. The van der Waals surface area contributed by atoms with Crippen LogP contribution in [0.25, 0.3) is 0 Å². The number of amides is 1. The largest absolute Gasteiger partial charge is 0.392 e. The molecule has 0 aliphatic carbocycles. The van der Waals surface area contributed by atoms with Gasteiger partial charge in [-0.1, -0.05) is 6.07 Å². The summed E-state index contributed by atoms with van der Waals surface area (Å²) in [6.07, 6.45) is -0.901. The molecule has 1 aliphatic heterocycles. The fourth-order valence-corrected chi connectivity index (χ4v) is 4.39. The van der Waals surface area contributed by atoms with Crippen LogP contribution in [0.15, 0.2) is 27.6 Å². The van der Waals surface area contributed by atoms with Crippen LogP contribution in [-0.2, 0) is 10.0 Å². The van der Waals surface area contributed by atoms with Gasteiger partial charge in [0.15, 0.2) is 0 Å². The van der Waals surface area contributed by atoms with Crippen LogP contribution in [0.3, 0.4) is 0 Å². The van der Waals surface area contributed by atoms with Gasteiger partial charge in [-0.25, -0.2) is 12.7 Å². The molecule has 1 amide bonds. The summed E-state index contributed by atoms with van der Waals surface area (Å²) in [5, 5.41) is 9.24. The molecule has 1 aromatic rings. The molecule has 1 unspecified atom stereocenters. The quantitative estimate of drug-likeness (QED) is 0.881. The Balaban J connectivity index is 2.61. The number of carbonyl (C=O) groups excluding carboxylic acids is 1. The topological polar surface area (TPSA) is 74.7 Å². The van der Waals surface area contributed by atoms with Gasteiger partial charge in [0.05, 0.1) is 18.2 Å². The summed E-state index contributed by atoms with van der Waals surface area (Å²) in [5.74, 6) is -0.595.